The van der Waals surface area contributed by atoms with Crippen LogP contribution in [0.5, 0.6) is 11.5 Å². The number of para-hydroxylation sites is 1. The molecule has 2 amide bonds. The molecule has 0 bridgehead atoms. The van der Waals surface area contributed by atoms with Crippen LogP contribution in [-0.2, 0) is 17.6 Å². The van der Waals surface area contributed by atoms with E-state index in [-0.39, 0.29) is 23.8 Å². The van der Waals surface area contributed by atoms with Crippen molar-refractivity contribution in [2.24, 2.45) is 11.3 Å². The van der Waals surface area contributed by atoms with Gasteiger partial charge in [0.2, 0.25) is 0 Å². The van der Waals surface area contributed by atoms with Crippen LogP contribution in [0, 0.1) is 11.3 Å². The number of fused-ring (bicyclic) bond motifs is 1. The Morgan fingerprint density at radius 1 is 1.00 bits per heavy atom. The number of carbonyl (C=O) groups excluding carboxylic acids is 2. The fraction of sp³-hybridized carbons (Fsp3) is 0.357. The molecule has 184 valence electrons. The number of thiophene rings is 1. The molecule has 2 aromatic carbocycles. The Bertz CT molecular complexity index is 1180. The SMILES string of the molecule is COc1ccc(NC(=O)c2c(NC(=O)COc3ccccc3)sc3c2CC[C@H](C(C)(C)C)C3)cc1. The molecule has 3 aromatic rings. The number of anilines is 2. The van der Waals surface area contributed by atoms with Gasteiger partial charge in [0, 0.05) is 10.6 Å². The number of hydrogen-bond donors (Lipinski definition) is 2. The van der Waals surface area contributed by atoms with Crippen LogP contribution in [0.15, 0.2) is 54.6 Å². The molecule has 0 radical (unpaired) electrons. The number of ether oxygens (including phenoxy) is 2. The highest BCUT2D eigenvalue weighted by Crippen LogP contribution is 2.44. The van der Waals surface area contributed by atoms with Crippen molar-refractivity contribution in [1.82, 2.24) is 0 Å². The zero-order valence-electron chi connectivity index (χ0n) is 20.6. The van der Waals surface area contributed by atoms with Crippen molar-refractivity contribution in [1.29, 1.82) is 0 Å². The Balaban J connectivity index is 1.57. The second-order valence-electron chi connectivity index (χ2n) is 9.85. The Morgan fingerprint density at radius 3 is 2.37 bits per heavy atom. The minimum Gasteiger partial charge on any atom is -0.497 e. The third-order valence-electron chi connectivity index (χ3n) is 6.43. The predicted molar refractivity (Wildman–Crippen MR) is 141 cm³/mol. The molecule has 2 N–H and O–H groups in total. The quantitative estimate of drug-likeness (QED) is 0.413. The predicted octanol–water partition coefficient (Wildman–Crippen LogP) is 6.18. The summed E-state index contributed by atoms with van der Waals surface area (Å²) in [5.41, 5.74) is 2.45. The van der Waals surface area contributed by atoms with Crippen LogP contribution in [0.1, 0.15) is 48.0 Å². The summed E-state index contributed by atoms with van der Waals surface area (Å²) in [5, 5.41) is 6.52. The number of nitrogens with one attached hydrogen (secondary N) is 2. The van der Waals surface area contributed by atoms with E-state index < -0.39 is 0 Å². The van der Waals surface area contributed by atoms with E-state index in [4.69, 9.17) is 9.47 Å². The summed E-state index contributed by atoms with van der Waals surface area (Å²) in [6.45, 7) is 6.66. The zero-order chi connectivity index (χ0) is 25.0. The normalized spacial score (nSPS) is 15.1. The maximum absolute atomic E-state index is 13.4. The summed E-state index contributed by atoms with van der Waals surface area (Å²) in [6.07, 6.45) is 2.73. The number of methoxy groups -OCH3 is 1. The molecule has 1 aliphatic carbocycles. The molecule has 0 saturated carbocycles. The number of carbonyl (C=O) groups is 2. The van der Waals surface area contributed by atoms with Crippen LogP contribution in [-0.4, -0.2) is 25.5 Å². The Labute approximate surface area is 210 Å². The summed E-state index contributed by atoms with van der Waals surface area (Å²) in [7, 11) is 1.60. The zero-order valence-corrected chi connectivity index (χ0v) is 21.5. The minimum absolute atomic E-state index is 0.128. The second kappa shape index (κ2) is 10.5. The molecular formula is C28H32N2O4S. The third-order valence-corrected chi connectivity index (χ3v) is 7.60. The highest BCUT2D eigenvalue weighted by Gasteiger charge is 2.34. The van der Waals surface area contributed by atoms with Gasteiger partial charge in [0.05, 0.1) is 12.7 Å². The number of amides is 2. The molecule has 0 saturated heterocycles. The molecule has 6 nitrogen and oxygen atoms in total. The van der Waals surface area contributed by atoms with Crippen molar-refractivity contribution in [3.63, 3.8) is 0 Å². The molecular weight excluding hydrogens is 460 g/mol. The fourth-order valence-corrected chi connectivity index (χ4v) is 5.69. The lowest BCUT2D eigenvalue weighted by Gasteiger charge is -2.33. The van der Waals surface area contributed by atoms with Gasteiger partial charge >= 0.3 is 0 Å². The molecule has 1 heterocycles. The van der Waals surface area contributed by atoms with Crippen molar-refractivity contribution in [3.05, 3.63) is 70.6 Å². The molecule has 7 heteroatoms. The Kier molecular flexibility index (Phi) is 7.45. The standard InChI is InChI=1S/C28H32N2O4S/c1-28(2,3)18-10-15-22-23(16-18)35-27(30-24(31)17-34-21-8-6-5-7-9-21)25(22)26(32)29-19-11-13-20(33-4)14-12-19/h5-9,11-14,18H,10,15-17H2,1-4H3,(H,29,32)(H,30,31)/t18-/m0/s1. The van der Waals surface area contributed by atoms with E-state index >= 15 is 0 Å². The van der Waals surface area contributed by atoms with E-state index in [0.717, 1.165) is 30.6 Å². The van der Waals surface area contributed by atoms with Gasteiger partial charge in [-0.3, -0.25) is 9.59 Å². The largest absolute Gasteiger partial charge is 0.497 e. The van der Waals surface area contributed by atoms with E-state index in [0.29, 0.717) is 27.9 Å². The van der Waals surface area contributed by atoms with Gasteiger partial charge in [-0.15, -0.1) is 11.3 Å². The van der Waals surface area contributed by atoms with Crippen LogP contribution >= 0.6 is 11.3 Å². The first-order valence-electron chi connectivity index (χ1n) is 11.8. The van der Waals surface area contributed by atoms with Gasteiger partial charge in [0.1, 0.15) is 16.5 Å². The second-order valence-corrected chi connectivity index (χ2v) is 11.0. The molecule has 0 spiro atoms. The van der Waals surface area contributed by atoms with Crippen molar-refractivity contribution < 1.29 is 19.1 Å². The summed E-state index contributed by atoms with van der Waals surface area (Å²) in [6, 6.07) is 16.4. The number of hydrogen-bond acceptors (Lipinski definition) is 5. The lowest BCUT2D eigenvalue weighted by Crippen LogP contribution is -2.27. The summed E-state index contributed by atoms with van der Waals surface area (Å²) >= 11 is 1.51. The highest BCUT2D eigenvalue weighted by molar-refractivity contribution is 7.17. The number of rotatable bonds is 7. The highest BCUT2D eigenvalue weighted by atomic mass is 32.1. The van der Waals surface area contributed by atoms with E-state index in [1.807, 2.05) is 18.2 Å². The average molecular weight is 493 g/mol. The van der Waals surface area contributed by atoms with Gasteiger partial charge in [-0.1, -0.05) is 39.0 Å². The van der Waals surface area contributed by atoms with Crippen LogP contribution < -0.4 is 20.1 Å². The maximum atomic E-state index is 13.4. The first kappa shape index (κ1) is 24.8. The molecule has 1 aliphatic rings. The lowest BCUT2D eigenvalue weighted by molar-refractivity contribution is -0.118. The van der Waals surface area contributed by atoms with Gasteiger partial charge < -0.3 is 20.1 Å². The van der Waals surface area contributed by atoms with Crippen LogP contribution in [0.3, 0.4) is 0 Å². The molecule has 1 atom stereocenters. The Hall–Kier alpha value is -3.32. The summed E-state index contributed by atoms with van der Waals surface area (Å²) in [5.74, 6) is 1.35. The first-order chi connectivity index (χ1) is 16.7. The van der Waals surface area contributed by atoms with Crippen LogP contribution in [0.2, 0.25) is 0 Å². The van der Waals surface area contributed by atoms with E-state index in [1.54, 1.807) is 43.5 Å². The average Bonchev–Trinajstić information content (AvgIpc) is 3.20. The van der Waals surface area contributed by atoms with Crippen LogP contribution in [0.25, 0.3) is 0 Å². The van der Waals surface area contributed by atoms with Gasteiger partial charge in [-0.05, 0) is 72.6 Å². The molecule has 1 aromatic heterocycles. The molecule has 4 rings (SSSR count). The fourth-order valence-electron chi connectivity index (χ4n) is 4.35. The van der Waals surface area contributed by atoms with Crippen molar-refractivity contribution in [2.45, 2.75) is 40.0 Å². The summed E-state index contributed by atoms with van der Waals surface area (Å²) in [4.78, 5) is 27.4. The first-order valence-corrected chi connectivity index (χ1v) is 12.6. The maximum Gasteiger partial charge on any atom is 0.262 e. The molecule has 35 heavy (non-hydrogen) atoms. The lowest BCUT2D eigenvalue weighted by atomic mass is 9.72. The van der Waals surface area contributed by atoms with Gasteiger partial charge in [0.25, 0.3) is 11.8 Å². The van der Waals surface area contributed by atoms with Crippen molar-refractivity contribution in [3.8, 4) is 11.5 Å². The Morgan fingerprint density at radius 2 is 1.71 bits per heavy atom. The molecule has 0 fully saturated rings. The van der Waals surface area contributed by atoms with Crippen molar-refractivity contribution >= 4 is 33.8 Å². The van der Waals surface area contributed by atoms with E-state index in [1.165, 1.54) is 16.2 Å². The van der Waals surface area contributed by atoms with Gasteiger partial charge in [0.15, 0.2) is 6.61 Å². The topological polar surface area (TPSA) is 76.7 Å². The van der Waals surface area contributed by atoms with E-state index in [9.17, 15) is 9.59 Å². The minimum atomic E-state index is -0.293. The number of benzene rings is 2. The third kappa shape index (κ3) is 6.03. The van der Waals surface area contributed by atoms with Gasteiger partial charge in [-0.25, -0.2) is 0 Å². The van der Waals surface area contributed by atoms with Gasteiger partial charge in [-0.2, -0.15) is 0 Å². The van der Waals surface area contributed by atoms with E-state index in [2.05, 4.69) is 31.4 Å². The summed E-state index contributed by atoms with van der Waals surface area (Å²) < 4.78 is 10.8. The molecule has 0 unspecified atom stereocenters. The van der Waals surface area contributed by atoms with Crippen molar-refractivity contribution in [2.75, 3.05) is 24.4 Å². The monoisotopic (exact) mass is 492 g/mol. The smallest absolute Gasteiger partial charge is 0.262 e. The molecule has 0 aliphatic heterocycles. The van der Waals surface area contributed by atoms with Crippen LogP contribution in [0.4, 0.5) is 10.7 Å².